The summed E-state index contributed by atoms with van der Waals surface area (Å²) in [5.74, 6) is 1.19. The molecule has 1 aliphatic rings. The Bertz CT molecular complexity index is 1060. The molecule has 5 heteroatoms. The molecule has 144 valence electrons. The first-order valence-electron chi connectivity index (χ1n) is 9.81. The van der Waals surface area contributed by atoms with Gasteiger partial charge < -0.3 is 4.90 Å². The molecule has 0 unspecified atom stereocenters. The molecular weight excluding hydrogens is 350 g/mol. The van der Waals surface area contributed by atoms with E-state index in [4.69, 9.17) is 0 Å². The lowest BCUT2D eigenvalue weighted by Crippen LogP contribution is -2.38. The van der Waals surface area contributed by atoms with Crippen molar-refractivity contribution in [3.63, 3.8) is 0 Å². The van der Waals surface area contributed by atoms with Gasteiger partial charge in [0, 0.05) is 19.5 Å². The molecule has 1 aromatic heterocycles. The van der Waals surface area contributed by atoms with E-state index in [2.05, 4.69) is 45.2 Å². The lowest BCUT2D eigenvalue weighted by atomic mass is 9.89. The predicted octanol–water partition coefficient (Wildman–Crippen LogP) is 3.35. The second-order valence-corrected chi connectivity index (χ2v) is 7.57. The van der Waals surface area contributed by atoms with Crippen LogP contribution in [0.25, 0.3) is 0 Å². The van der Waals surface area contributed by atoms with Gasteiger partial charge in [0.05, 0.1) is 5.56 Å². The van der Waals surface area contributed by atoms with Crippen LogP contribution >= 0.6 is 0 Å². The van der Waals surface area contributed by atoms with Gasteiger partial charge in [-0.15, -0.1) is 0 Å². The number of anilines is 1. The summed E-state index contributed by atoms with van der Waals surface area (Å²) in [5.41, 5.74) is 3.47. The molecule has 2 N–H and O–H groups in total. The molecule has 0 bridgehead atoms. The minimum absolute atomic E-state index is 0.301. The number of piperidine rings is 1. The molecule has 1 saturated heterocycles. The molecule has 0 radical (unpaired) electrons. The number of hydrogen-bond acceptors (Lipinski definition) is 3. The highest BCUT2D eigenvalue weighted by Gasteiger charge is 2.24. The average molecular weight is 375 g/mol. The van der Waals surface area contributed by atoms with Gasteiger partial charge in [0.15, 0.2) is 0 Å². The molecule has 0 atom stereocenters. The van der Waals surface area contributed by atoms with Crippen LogP contribution < -0.4 is 16.1 Å². The molecule has 5 nitrogen and oxygen atoms in total. The fraction of sp³-hybridized carbons (Fsp3) is 0.304. The lowest BCUT2D eigenvalue weighted by Gasteiger charge is -2.34. The van der Waals surface area contributed by atoms with Gasteiger partial charge in [-0.05, 0) is 36.8 Å². The van der Waals surface area contributed by atoms with Crippen molar-refractivity contribution >= 4 is 5.82 Å². The maximum Gasteiger partial charge on any atom is 0.327 e. The van der Waals surface area contributed by atoms with E-state index in [9.17, 15) is 9.59 Å². The maximum absolute atomic E-state index is 12.6. The second-order valence-electron chi connectivity index (χ2n) is 7.57. The summed E-state index contributed by atoms with van der Waals surface area (Å²) in [6.45, 7) is 3.68. The number of H-pyrrole nitrogens is 2. The summed E-state index contributed by atoms with van der Waals surface area (Å²) < 4.78 is 0. The number of benzene rings is 2. The van der Waals surface area contributed by atoms with Crippen LogP contribution in [-0.2, 0) is 6.42 Å². The van der Waals surface area contributed by atoms with E-state index in [-0.39, 0.29) is 5.56 Å². The highest BCUT2D eigenvalue weighted by Crippen LogP contribution is 2.30. The van der Waals surface area contributed by atoms with E-state index in [1.165, 1.54) is 5.56 Å². The Kier molecular flexibility index (Phi) is 5.15. The Morgan fingerprint density at radius 2 is 1.71 bits per heavy atom. The molecule has 0 amide bonds. The first-order valence-corrected chi connectivity index (χ1v) is 9.81. The molecule has 2 aromatic carbocycles. The van der Waals surface area contributed by atoms with Crippen LogP contribution in [0.1, 0.15) is 41.0 Å². The fourth-order valence-electron chi connectivity index (χ4n) is 4.12. The Morgan fingerprint density at radius 1 is 0.964 bits per heavy atom. The third-order valence-electron chi connectivity index (χ3n) is 5.56. The van der Waals surface area contributed by atoms with Crippen molar-refractivity contribution in [2.24, 2.45) is 0 Å². The molecule has 0 spiro atoms. The SMILES string of the molecule is Cc1cccc(Cc2c(N3CCC(c4ccccc4)CC3)[nH]c(=O)[nH]c2=O)c1. The highest BCUT2D eigenvalue weighted by molar-refractivity contribution is 5.48. The molecule has 1 aliphatic heterocycles. The Morgan fingerprint density at radius 3 is 2.43 bits per heavy atom. The minimum atomic E-state index is -0.446. The van der Waals surface area contributed by atoms with E-state index >= 15 is 0 Å². The minimum Gasteiger partial charge on any atom is -0.358 e. The van der Waals surface area contributed by atoms with Crippen molar-refractivity contribution in [2.75, 3.05) is 18.0 Å². The maximum atomic E-state index is 12.6. The van der Waals surface area contributed by atoms with Crippen molar-refractivity contribution in [2.45, 2.75) is 32.1 Å². The molecule has 0 saturated carbocycles. The molecule has 1 fully saturated rings. The van der Waals surface area contributed by atoms with Gasteiger partial charge >= 0.3 is 5.69 Å². The number of hydrogen-bond donors (Lipinski definition) is 2. The van der Waals surface area contributed by atoms with Crippen molar-refractivity contribution in [3.05, 3.63) is 97.7 Å². The van der Waals surface area contributed by atoms with E-state index in [0.29, 0.717) is 23.7 Å². The van der Waals surface area contributed by atoms with Crippen LogP contribution in [-0.4, -0.2) is 23.1 Å². The third-order valence-corrected chi connectivity index (χ3v) is 5.56. The largest absolute Gasteiger partial charge is 0.358 e. The Labute approximate surface area is 164 Å². The first kappa shape index (κ1) is 18.3. The fourth-order valence-corrected chi connectivity index (χ4v) is 4.12. The van der Waals surface area contributed by atoms with E-state index < -0.39 is 5.69 Å². The average Bonchev–Trinajstić information content (AvgIpc) is 2.71. The summed E-state index contributed by atoms with van der Waals surface area (Å²) in [6, 6.07) is 18.7. The zero-order chi connectivity index (χ0) is 19.5. The quantitative estimate of drug-likeness (QED) is 0.735. The molecule has 3 aromatic rings. The topological polar surface area (TPSA) is 69.0 Å². The van der Waals surface area contributed by atoms with Gasteiger partial charge in [-0.1, -0.05) is 60.2 Å². The van der Waals surface area contributed by atoms with Crippen LogP contribution in [0.15, 0.2) is 64.2 Å². The molecule has 4 rings (SSSR count). The van der Waals surface area contributed by atoms with Gasteiger partial charge in [-0.2, -0.15) is 0 Å². The highest BCUT2D eigenvalue weighted by atomic mass is 16.2. The lowest BCUT2D eigenvalue weighted by molar-refractivity contribution is 0.501. The zero-order valence-corrected chi connectivity index (χ0v) is 16.1. The van der Waals surface area contributed by atoms with Gasteiger partial charge in [-0.3, -0.25) is 14.8 Å². The number of nitrogens with one attached hydrogen (secondary N) is 2. The summed E-state index contributed by atoms with van der Waals surface area (Å²) in [4.78, 5) is 32.0. The van der Waals surface area contributed by atoms with Gasteiger partial charge in [0.1, 0.15) is 5.82 Å². The van der Waals surface area contributed by atoms with Gasteiger partial charge in [0.2, 0.25) is 0 Å². The van der Waals surface area contributed by atoms with Gasteiger partial charge in [-0.25, -0.2) is 4.79 Å². The number of rotatable bonds is 4. The number of aromatic nitrogens is 2. The van der Waals surface area contributed by atoms with E-state index in [1.54, 1.807) is 0 Å². The normalized spacial score (nSPS) is 15.0. The van der Waals surface area contributed by atoms with Crippen molar-refractivity contribution in [3.8, 4) is 0 Å². The van der Waals surface area contributed by atoms with E-state index in [0.717, 1.165) is 37.1 Å². The van der Waals surface area contributed by atoms with Crippen molar-refractivity contribution in [1.82, 2.24) is 9.97 Å². The smallest absolute Gasteiger partial charge is 0.327 e. The van der Waals surface area contributed by atoms with Crippen LogP contribution in [0.2, 0.25) is 0 Å². The number of nitrogens with zero attached hydrogens (tertiary/aromatic N) is 1. The number of aromatic amines is 2. The van der Waals surface area contributed by atoms with Crippen LogP contribution in [0.3, 0.4) is 0 Å². The standard InChI is InChI=1S/C23H25N3O2/c1-16-6-5-7-17(14-16)15-20-21(24-23(28)25-22(20)27)26-12-10-19(11-13-26)18-8-3-2-4-9-18/h2-9,14,19H,10-13,15H2,1H3,(H2,24,25,27,28). The van der Waals surface area contributed by atoms with Crippen LogP contribution in [0.5, 0.6) is 0 Å². The first-order chi connectivity index (χ1) is 13.6. The summed E-state index contributed by atoms with van der Waals surface area (Å²) >= 11 is 0. The second kappa shape index (κ2) is 7.89. The molecular formula is C23H25N3O2. The Hall–Kier alpha value is -3.08. The zero-order valence-electron chi connectivity index (χ0n) is 16.1. The molecule has 2 heterocycles. The summed E-state index contributed by atoms with van der Waals surface area (Å²) in [7, 11) is 0. The molecule has 28 heavy (non-hydrogen) atoms. The van der Waals surface area contributed by atoms with Crippen molar-refractivity contribution in [1.29, 1.82) is 0 Å². The van der Waals surface area contributed by atoms with E-state index in [1.807, 2.05) is 31.2 Å². The summed E-state index contributed by atoms with van der Waals surface area (Å²) in [6.07, 6.45) is 2.51. The molecule has 0 aliphatic carbocycles. The van der Waals surface area contributed by atoms with Crippen LogP contribution in [0, 0.1) is 6.92 Å². The Balaban J connectivity index is 1.59. The monoisotopic (exact) mass is 375 g/mol. The predicted molar refractivity (Wildman–Crippen MR) is 112 cm³/mol. The van der Waals surface area contributed by atoms with Crippen LogP contribution in [0.4, 0.5) is 5.82 Å². The van der Waals surface area contributed by atoms with Gasteiger partial charge in [0.25, 0.3) is 5.56 Å². The third kappa shape index (κ3) is 3.93. The van der Waals surface area contributed by atoms with Crippen molar-refractivity contribution < 1.29 is 0 Å². The number of aryl methyl sites for hydroxylation is 1. The summed E-state index contributed by atoms with van der Waals surface area (Å²) in [5, 5.41) is 0.